The SMILES string of the molecule is [C-]#[N+]c1ccc(C(C)(C)C)c2cnncc12. The third kappa shape index (κ3) is 1.63. The number of hydrogen-bond acceptors (Lipinski definition) is 2. The molecular formula is C13H13N3. The Balaban J connectivity index is 2.87. The van der Waals surface area contributed by atoms with E-state index in [-0.39, 0.29) is 5.41 Å². The number of nitrogens with zero attached hydrogens (tertiary/aromatic N) is 3. The van der Waals surface area contributed by atoms with Crippen LogP contribution in [0, 0.1) is 6.57 Å². The second-order valence-corrected chi connectivity index (χ2v) is 4.81. The largest absolute Gasteiger partial charge is 0.237 e. The van der Waals surface area contributed by atoms with Crippen LogP contribution in [0.25, 0.3) is 15.6 Å². The average Bonchev–Trinajstić information content (AvgIpc) is 2.26. The molecule has 0 aliphatic carbocycles. The monoisotopic (exact) mass is 211 g/mol. The Morgan fingerprint density at radius 1 is 1.06 bits per heavy atom. The first-order valence-corrected chi connectivity index (χ1v) is 5.15. The van der Waals surface area contributed by atoms with Crippen molar-refractivity contribution in [2.75, 3.05) is 0 Å². The highest BCUT2D eigenvalue weighted by Gasteiger charge is 2.18. The van der Waals surface area contributed by atoms with Crippen LogP contribution in [0.15, 0.2) is 24.5 Å². The zero-order valence-corrected chi connectivity index (χ0v) is 9.65. The molecule has 0 spiro atoms. The maximum atomic E-state index is 7.13. The van der Waals surface area contributed by atoms with Crippen molar-refractivity contribution in [3.8, 4) is 0 Å². The predicted octanol–water partition coefficient (Wildman–Crippen LogP) is 3.48. The van der Waals surface area contributed by atoms with Crippen molar-refractivity contribution >= 4 is 16.5 Å². The summed E-state index contributed by atoms with van der Waals surface area (Å²) < 4.78 is 0. The summed E-state index contributed by atoms with van der Waals surface area (Å²) in [5, 5.41) is 9.67. The normalized spacial score (nSPS) is 11.4. The minimum absolute atomic E-state index is 0.0435. The average molecular weight is 211 g/mol. The summed E-state index contributed by atoms with van der Waals surface area (Å²) in [4.78, 5) is 3.50. The van der Waals surface area contributed by atoms with Gasteiger partial charge >= 0.3 is 0 Å². The van der Waals surface area contributed by atoms with E-state index in [1.54, 1.807) is 12.4 Å². The molecule has 0 N–H and O–H groups in total. The Morgan fingerprint density at radius 2 is 1.69 bits per heavy atom. The van der Waals surface area contributed by atoms with Crippen LogP contribution in [0.3, 0.4) is 0 Å². The van der Waals surface area contributed by atoms with Gasteiger partial charge in [-0.1, -0.05) is 32.9 Å². The number of fused-ring (bicyclic) bond motifs is 1. The van der Waals surface area contributed by atoms with Crippen molar-refractivity contribution in [3.05, 3.63) is 41.5 Å². The van der Waals surface area contributed by atoms with E-state index in [9.17, 15) is 0 Å². The molecule has 0 atom stereocenters. The van der Waals surface area contributed by atoms with Gasteiger partial charge in [0.25, 0.3) is 0 Å². The molecule has 0 saturated carbocycles. The van der Waals surface area contributed by atoms with Gasteiger partial charge in [-0.05, 0) is 16.4 Å². The summed E-state index contributed by atoms with van der Waals surface area (Å²) in [5.74, 6) is 0. The zero-order valence-electron chi connectivity index (χ0n) is 9.65. The molecular weight excluding hydrogens is 198 g/mol. The molecule has 1 aromatic heterocycles. The molecule has 0 saturated heterocycles. The molecule has 0 radical (unpaired) electrons. The minimum Gasteiger partial charge on any atom is -0.237 e. The van der Waals surface area contributed by atoms with Gasteiger partial charge in [0.1, 0.15) is 0 Å². The second-order valence-electron chi connectivity index (χ2n) is 4.81. The first kappa shape index (κ1) is 10.6. The van der Waals surface area contributed by atoms with Crippen LogP contribution in [0.5, 0.6) is 0 Å². The summed E-state index contributed by atoms with van der Waals surface area (Å²) in [5.41, 5.74) is 1.88. The first-order valence-electron chi connectivity index (χ1n) is 5.15. The molecule has 0 fully saturated rings. The van der Waals surface area contributed by atoms with Gasteiger partial charge in [0, 0.05) is 11.6 Å². The van der Waals surface area contributed by atoms with Gasteiger partial charge in [0.05, 0.1) is 12.8 Å². The lowest BCUT2D eigenvalue weighted by Crippen LogP contribution is -2.11. The third-order valence-corrected chi connectivity index (χ3v) is 2.63. The van der Waals surface area contributed by atoms with Gasteiger partial charge in [-0.3, -0.25) is 0 Å². The van der Waals surface area contributed by atoms with E-state index >= 15 is 0 Å². The molecule has 0 aliphatic rings. The number of benzene rings is 1. The summed E-state index contributed by atoms with van der Waals surface area (Å²) in [6, 6.07) is 3.87. The van der Waals surface area contributed by atoms with E-state index in [1.165, 1.54) is 5.56 Å². The smallest absolute Gasteiger partial charge is 0.196 e. The lowest BCUT2D eigenvalue weighted by Gasteiger charge is -2.21. The Hall–Kier alpha value is -1.95. The van der Waals surface area contributed by atoms with Gasteiger partial charge < -0.3 is 0 Å². The van der Waals surface area contributed by atoms with E-state index in [1.807, 2.05) is 12.1 Å². The van der Waals surface area contributed by atoms with Crippen LogP contribution in [0.1, 0.15) is 26.3 Å². The first-order chi connectivity index (χ1) is 7.54. The van der Waals surface area contributed by atoms with Crippen LogP contribution in [0.2, 0.25) is 0 Å². The highest BCUT2D eigenvalue weighted by molar-refractivity contribution is 5.95. The van der Waals surface area contributed by atoms with Crippen LogP contribution < -0.4 is 0 Å². The van der Waals surface area contributed by atoms with Crippen molar-refractivity contribution in [1.29, 1.82) is 0 Å². The summed E-state index contributed by atoms with van der Waals surface area (Å²) in [6.07, 6.45) is 3.41. The summed E-state index contributed by atoms with van der Waals surface area (Å²) in [6.45, 7) is 13.6. The maximum Gasteiger partial charge on any atom is 0.196 e. The fourth-order valence-electron chi connectivity index (χ4n) is 1.83. The molecule has 2 rings (SSSR count). The Labute approximate surface area is 94.9 Å². The van der Waals surface area contributed by atoms with Crippen molar-refractivity contribution < 1.29 is 0 Å². The molecule has 0 bridgehead atoms. The standard InChI is InChI=1S/C13H13N3/c1-13(2,3)11-5-6-12(14-4)10-8-16-15-7-9(10)11/h5-8H,1-3H3. The van der Waals surface area contributed by atoms with Crippen LogP contribution in [-0.2, 0) is 5.41 Å². The fraction of sp³-hybridized carbons (Fsp3) is 0.308. The molecule has 3 heteroatoms. The Bertz CT molecular complexity index is 574. The van der Waals surface area contributed by atoms with Gasteiger partial charge in [0.2, 0.25) is 0 Å². The summed E-state index contributed by atoms with van der Waals surface area (Å²) in [7, 11) is 0. The maximum absolute atomic E-state index is 7.13. The van der Waals surface area contributed by atoms with Gasteiger partial charge in [-0.15, -0.1) is 0 Å². The van der Waals surface area contributed by atoms with Gasteiger partial charge in [-0.2, -0.15) is 10.2 Å². The quantitative estimate of drug-likeness (QED) is 0.624. The molecule has 16 heavy (non-hydrogen) atoms. The highest BCUT2D eigenvalue weighted by atomic mass is 15.1. The summed E-state index contributed by atoms with van der Waals surface area (Å²) >= 11 is 0. The van der Waals surface area contributed by atoms with E-state index in [0.29, 0.717) is 5.69 Å². The zero-order chi connectivity index (χ0) is 11.8. The fourth-order valence-corrected chi connectivity index (χ4v) is 1.83. The molecule has 1 aromatic carbocycles. The van der Waals surface area contributed by atoms with E-state index in [2.05, 4.69) is 35.8 Å². The van der Waals surface area contributed by atoms with Gasteiger partial charge in [0.15, 0.2) is 5.69 Å². The van der Waals surface area contributed by atoms with E-state index in [0.717, 1.165) is 10.8 Å². The van der Waals surface area contributed by atoms with Crippen molar-refractivity contribution in [2.45, 2.75) is 26.2 Å². The lowest BCUT2D eigenvalue weighted by molar-refractivity contribution is 0.595. The van der Waals surface area contributed by atoms with E-state index < -0.39 is 0 Å². The lowest BCUT2D eigenvalue weighted by atomic mass is 9.84. The topological polar surface area (TPSA) is 30.1 Å². The van der Waals surface area contributed by atoms with Crippen molar-refractivity contribution in [3.63, 3.8) is 0 Å². The second kappa shape index (κ2) is 3.57. The van der Waals surface area contributed by atoms with Gasteiger partial charge in [-0.25, -0.2) is 4.85 Å². The van der Waals surface area contributed by atoms with Crippen LogP contribution in [0.4, 0.5) is 5.69 Å². The van der Waals surface area contributed by atoms with E-state index in [4.69, 9.17) is 6.57 Å². The third-order valence-electron chi connectivity index (χ3n) is 2.63. The highest BCUT2D eigenvalue weighted by Crippen LogP contribution is 2.34. The molecule has 1 heterocycles. The number of hydrogen-bond donors (Lipinski definition) is 0. The van der Waals surface area contributed by atoms with Crippen LogP contribution in [-0.4, -0.2) is 10.2 Å². The minimum atomic E-state index is 0.0435. The van der Waals surface area contributed by atoms with Crippen molar-refractivity contribution in [2.24, 2.45) is 0 Å². The molecule has 0 unspecified atom stereocenters. The molecule has 2 aromatic rings. The Kier molecular flexibility index (Phi) is 2.35. The molecule has 3 nitrogen and oxygen atoms in total. The number of aromatic nitrogens is 2. The molecule has 80 valence electrons. The molecule has 0 aliphatic heterocycles. The predicted molar refractivity (Wildman–Crippen MR) is 64.5 cm³/mol. The van der Waals surface area contributed by atoms with Crippen molar-refractivity contribution in [1.82, 2.24) is 10.2 Å². The molecule has 0 amide bonds. The number of rotatable bonds is 0. The van der Waals surface area contributed by atoms with Crippen LogP contribution >= 0.6 is 0 Å². The Morgan fingerprint density at radius 3 is 2.25 bits per heavy atom.